The van der Waals surface area contributed by atoms with Crippen molar-refractivity contribution in [3.05, 3.63) is 47.8 Å². The number of hydrogen-bond donors (Lipinski definition) is 3. The third kappa shape index (κ3) is 3.11. The molecule has 1 amide bonds. The second kappa shape index (κ2) is 5.41. The predicted octanol–water partition coefficient (Wildman–Crippen LogP) is 0.872. The van der Waals surface area contributed by atoms with Crippen LogP contribution < -0.4 is 16.2 Å². The first-order chi connectivity index (χ1) is 9.81. The average molecular weight is 306 g/mol. The highest BCUT2D eigenvalue weighted by Crippen LogP contribution is 2.23. The Labute approximate surface area is 122 Å². The molecule has 1 aromatic carbocycles. The fraction of sp³-hybridized carbons (Fsp3) is 0.0769. The smallest absolute Gasteiger partial charge is 0.263 e. The van der Waals surface area contributed by atoms with Crippen molar-refractivity contribution in [3.8, 4) is 0 Å². The molecule has 0 aliphatic carbocycles. The van der Waals surface area contributed by atoms with Gasteiger partial charge in [0, 0.05) is 18.0 Å². The zero-order valence-electron chi connectivity index (χ0n) is 11.2. The van der Waals surface area contributed by atoms with Gasteiger partial charge >= 0.3 is 0 Å². The number of carbonyl (C=O) groups excluding carboxylic acids is 1. The number of pyridine rings is 1. The molecule has 1 heterocycles. The Kier molecular flexibility index (Phi) is 3.81. The first kappa shape index (κ1) is 14.8. The molecule has 0 radical (unpaired) electrons. The SMILES string of the molecule is Cc1cnccc1NS(=O)(=O)c1ccc(C(N)=O)cc1N. The molecule has 21 heavy (non-hydrogen) atoms. The number of aromatic nitrogens is 1. The van der Waals surface area contributed by atoms with Gasteiger partial charge in [0.1, 0.15) is 4.90 Å². The van der Waals surface area contributed by atoms with Gasteiger partial charge in [0.25, 0.3) is 10.0 Å². The summed E-state index contributed by atoms with van der Waals surface area (Å²) in [6.07, 6.45) is 3.02. The molecular formula is C13H14N4O3S. The molecule has 0 fully saturated rings. The lowest BCUT2D eigenvalue weighted by Gasteiger charge is -2.12. The van der Waals surface area contributed by atoms with E-state index in [0.29, 0.717) is 11.3 Å². The monoisotopic (exact) mass is 306 g/mol. The van der Waals surface area contributed by atoms with Crippen LogP contribution in [0.15, 0.2) is 41.6 Å². The van der Waals surface area contributed by atoms with Crippen molar-refractivity contribution in [3.63, 3.8) is 0 Å². The van der Waals surface area contributed by atoms with Crippen molar-refractivity contribution in [1.82, 2.24) is 4.98 Å². The van der Waals surface area contributed by atoms with Crippen LogP contribution in [0.25, 0.3) is 0 Å². The molecule has 1 aromatic heterocycles. The molecule has 0 bridgehead atoms. The molecule has 5 N–H and O–H groups in total. The van der Waals surface area contributed by atoms with Gasteiger partial charge in [0.05, 0.1) is 11.4 Å². The number of sulfonamides is 1. The fourth-order valence-corrected chi connectivity index (χ4v) is 2.98. The molecule has 0 spiro atoms. The molecule has 0 saturated heterocycles. The maximum atomic E-state index is 12.3. The molecule has 0 unspecified atom stereocenters. The first-order valence-electron chi connectivity index (χ1n) is 5.94. The van der Waals surface area contributed by atoms with Crippen LogP contribution in [0.5, 0.6) is 0 Å². The summed E-state index contributed by atoms with van der Waals surface area (Å²) in [5, 5.41) is 0. The van der Waals surface area contributed by atoms with E-state index in [1.54, 1.807) is 13.0 Å². The summed E-state index contributed by atoms with van der Waals surface area (Å²) >= 11 is 0. The topological polar surface area (TPSA) is 128 Å². The van der Waals surface area contributed by atoms with Gasteiger partial charge in [-0.2, -0.15) is 0 Å². The summed E-state index contributed by atoms with van der Waals surface area (Å²) < 4.78 is 27.1. The highest BCUT2D eigenvalue weighted by molar-refractivity contribution is 7.92. The number of benzene rings is 1. The van der Waals surface area contributed by atoms with Gasteiger partial charge in [-0.1, -0.05) is 0 Å². The van der Waals surface area contributed by atoms with Gasteiger partial charge in [-0.15, -0.1) is 0 Å². The number of rotatable bonds is 4. The summed E-state index contributed by atoms with van der Waals surface area (Å²) in [7, 11) is -3.86. The summed E-state index contributed by atoms with van der Waals surface area (Å²) in [6.45, 7) is 1.73. The number of nitrogens with one attached hydrogen (secondary N) is 1. The van der Waals surface area contributed by atoms with Crippen molar-refractivity contribution < 1.29 is 13.2 Å². The van der Waals surface area contributed by atoms with Crippen LogP contribution in [0.3, 0.4) is 0 Å². The zero-order valence-corrected chi connectivity index (χ0v) is 12.0. The minimum atomic E-state index is -3.86. The van der Waals surface area contributed by atoms with Crippen LogP contribution in [-0.2, 0) is 10.0 Å². The van der Waals surface area contributed by atoms with Crippen molar-refractivity contribution in [1.29, 1.82) is 0 Å². The molecule has 110 valence electrons. The number of carbonyl (C=O) groups is 1. The van der Waals surface area contributed by atoms with E-state index in [2.05, 4.69) is 9.71 Å². The number of aryl methyl sites for hydroxylation is 1. The van der Waals surface area contributed by atoms with Gasteiger partial charge < -0.3 is 11.5 Å². The second-order valence-electron chi connectivity index (χ2n) is 4.41. The number of nitrogens with zero attached hydrogens (tertiary/aromatic N) is 1. The summed E-state index contributed by atoms with van der Waals surface area (Å²) in [5.74, 6) is -0.677. The number of nitrogens with two attached hydrogens (primary N) is 2. The highest BCUT2D eigenvalue weighted by Gasteiger charge is 2.19. The number of nitrogen functional groups attached to an aromatic ring is 1. The molecular weight excluding hydrogens is 292 g/mol. The molecule has 0 atom stereocenters. The van der Waals surface area contributed by atoms with E-state index in [4.69, 9.17) is 11.5 Å². The van der Waals surface area contributed by atoms with Crippen LogP contribution in [-0.4, -0.2) is 19.3 Å². The number of anilines is 2. The van der Waals surface area contributed by atoms with Crippen molar-refractivity contribution in [2.75, 3.05) is 10.5 Å². The van der Waals surface area contributed by atoms with Crippen LogP contribution >= 0.6 is 0 Å². The van der Waals surface area contributed by atoms with E-state index in [1.807, 2.05) is 0 Å². The van der Waals surface area contributed by atoms with Crippen molar-refractivity contribution in [2.45, 2.75) is 11.8 Å². The van der Waals surface area contributed by atoms with E-state index in [9.17, 15) is 13.2 Å². The Morgan fingerprint density at radius 1 is 1.29 bits per heavy atom. The standard InChI is InChI=1S/C13H14N4O3S/c1-8-7-16-5-4-11(8)17-21(19,20)12-3-2-9(13(15)18)6-10(12)14/h2-7H,14H2,1H3,(H2,15,18)(H,16,17). The molecule has 0 saturated carbocycles. The van der Waals surface area contributed by atoms with Crippen molar-refractivity contribution in [2.24, 2.45) is 5.73 Å². The second-order valence-corrected chi connectivity index (χ2v) is 6.06. The number of hydrogen-bond acceptors (Lipinski definition) is 5. The van der Waals surface area contributed by atoms with Gasteiger partial charge in [-0.05, 0) is 36.8 Å². The third-order valence-electron chi connectivity index (χ3n) is 2.85. The minimum Gasteiger partial charge on any atom is -0.398 e. The molecule has 8 heteroatoms. The quantitative estimate of drug-likeness (QED) is 0.722. The third-order valence-corrected chi connectivity index (χ3v) is 4.29. The van der Waals surface area contributed by atoms with Gasteiger partial charge in [0.2, 0.25) is 5.91 Å². The number of primary amides is 1. The fourth-order valence-electron chi connectivity index (χ4n) is 1.73. The normalized spacial score (nSPS) is 11.1. The van der Waals surface area contributed by atoms with E-state index >= 15 is 0 Å². The maximum Gasteiger partial charge on any atom is 0.263 e. The Morgan fingerprint density at radius 2 is 2.00 bits per heavy atom. The van der Waals surface area contributed by atoms with Crippen molar-refractivity contribution >= 4 is 27.3 Å². The summed E-state index contributed by atoms with van der Waals surface area (Å²) in [4.78, 5) is 14.8. The van der Waals surface area contributed by atoms with E-state index in [1.165, 1.54) is 30.6 Å². The zero-order chi connectivity index (χ0) is 15.6. The first-order valence-corrected chi connectivity index (χ1v) is 7.42. The van der Waals surface area contributed by atoms with Crippen LogP contribution in [0.2, 0.25) is 0 Å². The Hall–Kier alpha value is -2.61. The van der Waals surface area contributed by atoms with Crippen LogP contribution in [0.4, 0.5) is 11.4 Å². The molecule has 0 aliphatic rings. The van der Waals surface area contributed by atoms with Gasteiger partial charge in [-0.25, -0.2) is 8.42 Å². The number of amides is 1. The Morgan fingerprint density at radius 3 is 2.57 bits per heavy atom. The van der Waals surface area contributed by atoms with Crippen LogP contribution in [0, 0.1) is 6.92 Å². The summed E-state index contributed by atoms with van der Waals surface area (Å²) in [5.41, 5.74) is 12.0. The minimum absolute atomic E-state index is 0.0505. The van der Waals surface area contributed by atoms with E-state index in [-0.39, 0.29) is 16.1 Å². The summed E-state index contributed by atoms with van der Waals surface area (Å²) in [6, 6.07) is 5.33. The molecule has 2 rings (SSSR count). The van der Waals surface area contributed by atoms with E-state index in [0.717, 1.165) is 0 Å². The lowest BCUT2D eigenvalue weighted by molar-refractivity contribution is 0.1000. The van der Waals surface area contributed by atoms with E-state index < -0.39 is 15.9 Å². The molecule has 0 aliphatic heterocycles. The average Bonchev–Trinajstić information content (AvgIpc) is 2.40. The van der Waals surface area contributed by atoms with Gasteiger partial charge in [-0.3, -0.25) is 14.5 Å². The molecule has 2 aromatic rings. The Bertz CT molecular complexity index is 803. The van der Waals surface area contributed by atoms with Gasteiger partial charge in [0.15, 0.2) is 0 Å². The predicted molar refractivity (Wildman–Crippen MR) is 79.2 cm³/mol. The Balaban J connectivity index is 2.41. The maximum absolute atomic E-state index is 12.3. The lowest BCUT2D eigenvalue weighted by atomic mass is 10.2. The van der Waals surface area contributed by atoms with Crippen LogP contribution in [0.1, 0.15) is 15.9 Å². The lowest BCUT2D eigenvalue weighted by Crippen LogP contribution is -2.17. The molecule has 7 nitrogen and oxygen atoms in total. The highest BCUT2D eigenvalue weighted by atomic mass is 32.2. The largest absolute Gasteiger partial charge is 0.398 e.